The number of benzene rings is 1. The molecule has 2 amide bonds. The summed E-state index contributed by atoms with van der Waals surface area (Å²) in [5, 5.41) is 7.86. The fraction of sp³-hybridized carbons (Fsp3) is 0.353. The van der Waals surface area contributed by atoms with Crippen LogP contribution in [-0.4, -0.2) is 49.2 Å². The van der Waals surface area contributed by atoms with Crippen LogP contribution in [0.4, 0.5) is 5.13 Å². The monoisotopic (exact) mass is 442 g/mol. The second-order valence-electron chi connectivity index (χ2n) is 6.24. The van der Waals surface area contributed by atoms with Gasteiger partial charge >= 0.3 is 0 Å². The van der Waals surface area contributed by atoms with Crippen LogP contribution in [0.2, 0.25) is 5.02 Å². The molecule has 0 bridgehead atoms. The van der Waals surface area contributed by atoms with Crippen molar-refractivity contribution < 1.29 is 18.0 Å². The lowest BCUT2D eigenvalue weighted by Crippen LogP contribution is -2.44. The number of thiazole rings is 1. The minimum Gasteiger partial charge on any atom is -0.347 e. The number of hydrogen-bond acceptors (Lipinski definition) is 6. The number of carbonyl (C=O) groups is 2. The number of rotatable bonds is 6. The second kappa shape index (κ2) is 8.99. The third-order valence-electron chi connectivity index (χ3n) is 4.38. The first kappa shape index (κ1) is 20.7. The SMILES string of the molecule is O=C(CNC(=O)C1CCN(S(=O)(=O)c2ccc(Cl)cc2)CC1)Nc1nccs1. The Kier molecular flexibility index (Phi) is 6.65. The third-order valence-corrected chi connectivity index (χ3v) is 7.23. The predicted molar refractivity (Wildman–Crippen MR) is 107 cm³/mol. The van der Waals surface area contributed by atoms with Crippen molar-refractivity contribution in [2.45, 2.75) is 17.7 Å². The molecule has 2 heterocycles. The van der Waals surface area contributed by atoms with Gasteiger partial charge in [0.25, 0.3) is 0 Å². The average Bonchev–Trinajstić information content (AvgIpc) is 3.19. The minimum atomic E-state index is -3.61. The van der Waals surface area contributed by atoms with Gasteiger partial charge < -0.3 is 10.6 Å². The summed E-state index contributed by atoms with van der Waals surface area (Å²) in [6.45, 7) is 0.338. The number of piperidine rings is 1. The molecule has 1 aromatic carbocycles. The van der Waals surface area contributed by atoms with Gasteiger partial charge in [0.05, 0.1) is 11.4 Å². The Hall–Kier alpha value is -2.01. The van der Waals surface area contributed by atoms with Gasteiger partial charge in [-0.05, 0) is 37.1 Å². The average molecular weight is 443 g/mol. The zero-order valence-electron chi connectivity index (χ0n) is 14.8. The van der Waals surface area contributed by atoms with Crippen LogP contribution >= 0.6 is 22.9 Å². The third kappa shape index (κ3) is 5.07. The van der Waals surface area contributed by atoms with E-state index in [9.17, 15) is 18.0 Å². The molecule has 0 spiro atoms. The van der Waals surface area contributed by atoms with Crippen molar-refractivity contribution in [1.29, 1.82) is 0 Å². The molecule has 1 saturated heterocycles. The summed E-state index contributed by atoms with van der Waals surface area (Å²) in [5.41, 5.74) is 0. The highest BCUT2D eigenvalue weighted by molar-refractivity contribution is 7.89. The molecule has 28 heavy (non-hydrogen) atoms. The van der Waals surface area contributed by atoms with Crippen LogP contribution in [0.3, 0.4) is 0 Å². The predicted octanol–water partition coefficient (Wildman–Crippen LogP) is 1.95. The van der Waals surface area contributed by atoms with Gasteiger partial charge in [0.1, 0.15) is 0 Å². The van der Waals surface area contributed by atoms with Gasteiger partial charge in [-0.3, -0.25) is 9.59 Å². The molecular formula is C17H19ClN4O4S2. The topological polar surface area (TPSA) is 108 Å². The summed E-state index contributed by atoms with van der Waals surface area (Å²) in [6, 6.07) is 6.01. The van der Waals surface area contributed by atoms with Gasteiger partial charge in [-0.15, -0.1) is 11.3 Å². The number of sulfonamides is 1. The Balaban J connectivity index is 1.48. The van der Waals surface area contributed by atoms with E-state index in [0.29, 0.717) is 23.0 Å². The number of amides is 2. The van der Waals surface area contributed by atoms with Crippen LogP contribution in [-0.2, 0) is 19.6 Å². The first-order valence-electron chi connectivity index (χ1n) is 8.59. The fourth-order valence-corrected chi connectivity index (χ4v) is 5.02. The number of nitrogens with zero attached hydrogens (tertiary/aromatic N) is 2. The van der Waals surface area contributed by atoms with E-state index in [0.717, 1.165) is 0 Å². The molecule has 1 aromatic heterocycles. The lowest BCUT2D eigenvalue weighted by Gasteiger charge is -2.30. The molecule has 11 heteroatoms. The van der Waals surface area contributed by atoms with E-state index in [1.165, 1.54) is 39.9 Å². The highest BCUT2D eigenvalue weighted by Crippen LogP contribution is 2.24. The summed E-state index contributed by atoms with van der Waals surface area (Å²) >= 11 is 7.10. The maximum atomic E-state index is 12.7. The highest BCUT2D eigenvalue weighted by Gasteiger charge is 2.32. The smallest absolute Gasteiger partial charge is 0.245 e. The fourth-order valence-electron chi connectivity index (χ4n) is 2.87. The molecular weight excluding hydrogens is 424 g/mol. The number of anilines is 1. The lowest BCUT2D eigenvalue weighted by atomic mass is 9.97. The first-order chi connectivity index (χ1) is 13.4. The van der Waals surface area contributed by atoms with Crippen molar-refractivity contribution >= 4 is 49.9 Å². The normalized spacial score (nSPS) is 15.9. The van der Waals surface area contributed by atoms with Gasteiger partial charge in [0, 0.05) is 35.6 Å². The quantitative estimate of drug-likeness (QED) is 0.710. The maximum Gasteiger partial charge on any atom is 0.245 e. The number of carbonyl (C=O) groups excluding carboxylic acids is 2. The molecule has 0 radical (unpaired) electrons. The molecule has 1 aliphatic heterocycles. The summed E-state index contributed by atoms with van der Waals surface area (Å²) in [7, 11) is -3.61. The Bertz CT molecular complexity index is 925. The summed E-state index contributed by atoms with van der Waals surface area (Å²) in [6.07, 6.45) is 2.37. The molecule has 0 unspecified atom stereocenters. The highest BCUT2D eigenvalue weighted by atomic mass is 35.5. The van der Waals surface area contributed by atoms with Crippen LogP contribution in [0.1, 0.15) is 12.8 Å². The Labute approximate surface area is 172 Å². The van der Waals surface area contributed by atoms with Crippen LogP contribution in [0.5, 0.6) is 0 Å². The number of hydrogen-bond donors (Lipinski definition) is 2. The molecule has 2 N–H and O–H groups in total. The van der Waals surface area contributed by atoms with Crippen molar-refractivity contribution in [2.75, 3.05) is 25.0 Å². The van der Waals surface area contributed by atoms with Crippen molar-refractivity contribution in [2.24, 2.45) is 5.92 Å². The largest absolute Gasteiger partial charge is 0.347 e. The van der Waals surface area contributed by atoms with E-state index in [1.54, 1.807) is 11.6 Å². The molecule has 3 rings (SSSR count). The Morgan fingerprint density at radius 3 is 2.50 bits per heavy atom. The lowest BCUT2D eigenvalue weighted by molar-refractivity contribution is -0.128. The Morgan fingerprint density at radius 1 is 1.21 bits per heavy atom. The summed E-state index contributed by atoms with van der Waals surface area (Å²) < 4.78 is 26.7. The van der Waals surface area contributed by atoms with Crippen LogP contribution in [0.25, 0.3) is 0 Å². The molecule has 8 nitrogen and oxygen atoms in total. The summed E-state index contributed by atoms with van der Waals surface area (Å²) in [4.78, 5) is 28.2. The molecule has 0 atom stereocenters. The van der Waals surface area contributed by atoms with E-state index in [2.05, 4.69) is 15.6 Å². The zero-order valence-corrected chi connectivity index (χ0v) is 17.2. The molecule has 2 aromatic rings. The van der Waals surface area contributed by atoms with Gasteiger partial charge in [0.2, 0.25) is 21.8 Å². The Morgan fingerprint density at radius 2 is 1.89 bits per heavy atom. The number of nitrogens with one attached hydrogen (secondary N) is 2. The number of aromatic nitrogens is 1. The van der Waals surface area contributed by atoms with Gasteiger partial charge in [-0.2, -0.15) is 4.31 Å². The standard InChI is InChI=1S/C17H19ClN4O4S2/c18-13-1-3-14(4-2-13)28(25,26)22-8-5-12(6-9-22)16(24)20-11-15(23)21-17-19-7-10-27-17/h1-4,7,10,12H,5-6,8-9,11H2,(H,20,24)(H,19,21,23). The van der Waals surface area contributed by atoms with Crippen LogP contribution in [0.15, 0.2) is 40.7 Å². The van der Waals surface area contributed by atoms with Gasteiger partial charge in [0.15, 0.2) is 5.13 Å². The zero-order chi connectivity index (χ0) is 20.1. The van der Waals surface area contributed by atoms with Gasteiger partial charge in [-0.25, -0.2) is 13.4 Å². The van der Waals surface area contributed by atoms with Crippen molar-refractivity contribution in [3.05, 3.63) is 40.9 Å². The molecule has 1 aliphatic rings. The van der Waals surface area contributed by atoms with Crippen molar-refractivity contribution in [1.82, 2.24) is 14.6 Å². The molecule has 150 valence electrons. The summed E-state index contributed by atoms with van der Waals surface area (Å²) in [5.74, 6) is -0.937. The minimum absolute atomic E-state index is 0.151. The number of halogens is 1. The van der Waals surface area contributed by atoms with Crippen LogP contribution < -0.4 is 10.6 Å². The van der Waals surface area contributed by atoms with Crippen molar-refractivity contribution in [3.8, 4) is 0 Å². The first-order valence-corrected chi connectivity index (χ1v) is 11.3. The van der Waals surface area contributed by atoms with Crippen molar-refractivity contribution in [3.63, 3.8) is 0 Å². The van der Waals surface area contributed by atoms with E-state index in [-0.39, 0.29) is 42.3 Å². The molecule has 1 fully saturated rings. The van der Waals surface area contributed by atoms with E-state index >= 15 is 0 Å². The second-order valence-corrected chi connectivity index (χ2v) is 9.50. The van der Waals surface area contributed by atoms with E-state index < -0.39 is 10.0 Å². The maximum absolute atomic E-state index is 12.7. The molecule has 0 saturated carbocycles. The van der Waals surface area contributed by atoms with E-state index in [1.807, 2.05) is 0 Å². The van der Waals surface area contributed by atoms with Crippen LogP contribution in [0, 0.1) is 5.92 Å². The van der Waals surface area contributed by atoms with Gasteiger partial charge in [-0.1, -0.05) is 11.6 Å². The molecule has 0 aliphatic carbocycles. The van der Waals surface area contributed by atoms with E-state index in [4.69, 9.17) is 11.6 Å².